The molecule has 0 N–H and O–H groups in total. The van der Waals surface area contributed by atoms with E-state index in [1.807, 2.05) is 0 Å². The first-order valence-corrected chi connectivity index (χ1v) is 10.5. The van der Waals surface area contributed by atoms with Gasteiger partial charge in [-0.15, -0.1) is 11.8 Å². The van der Waals surface area contributed by atoms with Crippen LogP contribution in [0.1, 0.15) is 20.8 Å². The lowest BCUT2D eigenvalue weighted by Crippen LogP contribution is -2.55. The predicted molar refractivity (Wildman–Crippen MR) is 109 cm³/mol. The summed E-state index contributed by atoms with van der Waals surface area (Å²) in [5, 5.41) is 0. The number of carbonyl (C=O) groups excluding carboxylic acids is 3. The third kappa shape index (κ3) is 5.90. The molecule has 4 atom stereocenters. The van der Waals surface area contributed by atoms with Gasteiger partial charge in [0.05, 0.1) is 6.20 Å². The van der Waals surface area contributed by atoms with E-state index < -0.39 is 47.5 Å². The summed E-state index contributed by atoms with van der Waals surface area (Å²) in [6.07, 6.45) is 2.37. The van der Waals surface area contributed by atoms with E-state index in [1.54, 1.807) is 0 Å². The third-order valence-corrected chi connectivity index (χ3v) is 5.42. The molecule has 2 aromatic rings. The third-order valence-electron chi connectivity index (χ3n) is 4.21. The van der Waals surface area contributed by atoms with Gasteiger partial charge < -0.3 is 18.9 Å². The molecule has 0 amide bonds. The minimum atomic E-state index is -1.12. The van der Waals surface area contributed by atoms with Crippen molar-refractivity contribution in [1.82, 2.24) is 15.0 Å². The van der Waals surface area contributed by atoms with Crippen molar-refractivity contribution in [3.63, 3.8) is 0 Å². The maximum atomic E-state index is 14.6. The van der Waals surface area contributed by atoms with Gasteiger partial charge in [0.1, 0.15) is 17.8 Å². The number of halogens is 1. The number of carbonyl (C=O) groups is 3. The Morgan fingerprint density at radius 2 is 1.59 bits per heavy atom. The summed E-state index contributed by atoms with van der Waals surface area (Å²) in [4.78, 5) is 46.5. The molecular weight excluding hydrogens is 445 g/mol. The lowest BCUT2D eigenvalue weighted by atomic mass is 10.1. The van der Waals surface area contributed by atoms with Crippen LogP contribution in [0.4, 0.5) is 4.39 Å². The molecule has 2 aromatic heterocycles. The summed E-state index contributed by atoms with van der Waals surface area (Å²) in [5.41, 5.74) is -0.457. The predicted octanol–water partition coefficient (Wildman–Crippen LogP) is 1.92. The average Bonchev–Trinajstić information content (AvgIpc) is 2.72. The zero-order valence-corrected chi connectivity index (χ0v) is 18.2. The Balaban J connectivity index is 1.85. The van der Waals surface area contributed by atoms with Crippen molar-refractivity contribution in [2.24, 2.45) is 0 Å². The molecule has 1 fully saturated rings. The maximum absolute atomic E-state index is 14.6. The van der Waals surface area contributed by atoms with E-state index in [4.69, 9.17) is 18.9 Å². The second-order valence-corrected chi connectivity index (χ2v) is 7.88. The highest BCUT2D eigenvalue weighted by Crippen LogP contribution is 2.34. The van der Waals surface area contributed by atoms with E-state index in [-0.39, 0.29) is 17.2 Å². The molecule has 0 radical (unpaired) electrons. The van der Waals surface area contributed by atoms with Crippen LogP contribution >= 0.6 is 11.8 Å². The quantitative estimate of drug-likeness (QED) is 0.459. The monoisotopic (exact) mass is 465 g/mol. The van der Waals surface area contributed by atoms with Crippen LogP contribution in [0.3, 0.4) is 0 Å². The minimum Gasteiger partial charge on any atom is -0.474 e. The van der Waals surface area contributed by atoms with Crippen LogP contribution in [0.5, 0.6) is 5.75 Å². The van der Waals surface area contributed by atoms with Crippen molar-refractivity contribution in [1.29, 1.82) is 0 Å². The van der Waals surface area contributed by atoms with E-state index in [0.29, 0.717) is 5.56 Å². The molecule has 0 spiro atoms. The topological polar surface area (TPSA) is 127 Å². The smallest absolute Gasteiger partial charge is 0.303 e. The fraction of sp³-hybridized carbons (Fsp3) is 0.400. The van der Waals surface area contributed by atoms with Gasteiger partial charge in [0.15, 0.2) is 29.6 Å². The van der Waals surface area contributed by atoms with Gasteiger partial charge in [0.2, 0.25) is 0 Å². The van der Waals surface area contributed by atoms with Gasteiger partial charge in [0, 0.05) is 50.5 Å². The Labute approximate surface area is 186 Å². The number of pyridine rings is 1. The molecule has 1 unspecified atom stereocenters. The molecule has 32 heavy (non-hydrogen) atoms. The van der Waals surface area contributed by atoms with Crippen LogP contribution < -0.4 is 4.74 Å². The summed E-state index contributed by atoms with van der Waals surface area (Å²) in [6.45, 7) is 3.57. The zero-order valence-electron chi connectivity index (χ0n) is 17.4. The van der Waals surface area contributed by atoms with Crippen molar-refractivity contribution >= 4 is 29.7 Å². The highest BCUT2D eigenvalue weighted by molar-refractivity contribution is 7.99. The van der Waals surface area contributed by atoms with Crippen molar-refractivity contribution in [3.8, 4) is 17.0 Å². The first-order chi connectivity index (χ1) is 15.2. The number of ether oxygens (including phenoxy) is 4. The van der Waals surface area contributed by atoms with Crippen LogP contribution in [0.2, 0.25) is 0 Å². The van der Waals surface area contributed by atoms with E-state index in [0.717, 1.165) is 17.8 Å². The van der Waals surface area contributed by atoms with Gasteiger partial charge in [-0.25, -0.2) is 19.3 Å². The van der Waals surface area contributed by atoms with E-state index in [1.165, 1.54) is 45.7 Å². The van der Waals surface area contributed by atoms with Crippen molar-refractivity contribution in [2.45, 2.75) is 44.5 Å². The lowest BCUT2D eigenvalue weighted by Gasteiger charge is -2.39. The first-order valence-electron chi connectivity index (χ1n) is 9.45. The van der Waals surface area contributed by atoms with Crippen LogP contribution in [0, 0.1) is 5.82 Å². The van der Waals surface area contributed by atoms with Crippen molar-refractivity contribution in [2.75, 3.05) is 5.75 Å². The summed E-state index contributed by atoms with van der Waals surface area (Å²) in [5.74, 6) is -2.32. The van der Waals surface area contributed by atoms with Gasteiger partial charge >= 0.3 is 17.9 Å². The number of thioether (sulfide) groups is 1. The number of aromatic nitrogens is 3. The minimum absolute atomic E-state index is 0.0403. The molecule has 12 heteroatoms. The molecular formula is C20H20FN3O7S. The van der Waals surface area contributed by atoms with Crippen molar-refractivity contribution in [3.05, 3.63) is 36.8 Å². The Kier molecular flexibility index (Phi) is 7.57. The molecule has 3 rings (SSSR count). The summed E-state index contributed by atoms with van der Waals surface area (Å²) in [6, 6.07) is 1.12. The molecule has 0 aliphatic carbocycles. The lowest BCUT2D eigenvalue weighted by molar-refractivity contribution is -0.186. The van der Waals surface area contributed by atoms with Gasteiger partial charge in [0.25, 0.3) is 0 Å². The molecule has 1 aliphatic heterocycles. The highest BCUT2D eigenvalue weighted by atomic mass is 32.2. The summed E-state index contributed by atoms with van der Waals surface area (Å²) in [7, 11) is 0. The highest BCUT2D eigenvalue weighted by Gasteiger charge is 2.47. The molecule has 10 nitrogen and oxygen atoms in total. The number of nitrogens with zero attached hydrogens (tertiary/aromatic N) is 3. The van der Waals surface area contributed by atoms with Gasteiger partial charge in [-0.05, 0) is 0 Å². The zero-order chi connectivity index (χ0) is 23.3. The van der Waals surface area contributed by atoms with Gasteiger partial charge in [-0.3, -0.25) is 14.4 Å². The number of rotatable bonds is 6. The van der Waals surface area contributed by atoms with Crippen LogP contribution in [-0.4, -0.2) is 62.4 Å². The Morgan fingerprint density at radius 3 is 2.19 bits per heavy atom. The molecule has 1 aliphatic rings. The van der Waals surface area contributed by atoms with Gasteiger partial charge in [-0.2, -0.15) is 0 Å². The molecule has 0 aromatic carbocycles. The van der Waals surface area contributed by atoms with E-state index in [9.17, 15) is 18.8 Å². The largest absolute Gasteiger partial charge is 0.474 e. The second-order valence-electron chi connectivity index (χ2n) is 6.74. The Bertz CT molecular complexity index is 994. The maximum Gasteiger partial charge on any atom is 0.303 e. The Morgan fingerprint density at radius 1 is 0.969 bits per heavy atom. The standard InChI is InChI=1S/C20H20FN3O7S/c1-10(25)28-16-8-32-20(19(30-12(3)27)18(16)29-11(2)26)31-14-4-15(21)17(24-7-14)13-5-22-9-23-6-13/h4-7,9,16,18-20H,8H2,1-3H3/t16-,18+,19-,20?/m1/s1. The molecule has 1 saturated heterocycles. The van der Waals surface area contributed by atoms with Crippen molar-refractivity contribution < 1.29 is 37.7 Å². The molecule has 0 saturated carbocycles. The van der Waals surface area contributed by atoms with Gasteiger partial charge in [-0.1, -0.05) is 0 Å². The summed E-state index contributed by atoms with van der Waals surface area (Å²) >= 11 is 1.16. The summed E-state index contributed by atoms with van der Waals surface area (Å²) < 4.78 is 36.3. The van der Waals surface area contributed by atoms with Crippen LogP contribution in [0.15, 0.2) is 31.0 Å². The SMILES string of the molecule is CC(=O)O[C@H]1[C@H](OC(C)=O)CSC(Oc2cnc(-c3cncnc3)c(F)c2)[C@@H]1OC(C)=O. The van der Waals surface area contributed by atoms with E-state index >= 15 is 0 Å². The van der Waals surface area contributed by atoms with Crippen LogP contribution in [0.25, 0.3) is 11.3 Å². The fourth-order valence-electron chi connectivity index (χ4n) is 3.06. The normalized spacial score (nSPS) is 22.5. The molecule has 3 heterocycles. The average molecular weight is 465 g/mol. The van der Waals surface area contributed by atoms with E-state index in [2.05, 4.69) is 15.0 Å². The number of hydrogen-bond acceptors (Lipinski definition) is 11. The first kappa shape index (κ1) is 23.4. The van der Waals surface area contributed by atoms with Crippen LogP contribution in [-0.2, 0) is 28.6 Å². The fourth-order valence-corrected chi connectivity index (χ4v) is 4.28. The molecule has 170 valence electrons. The molecule has 0 bridgehead atoms. The second kappa shape index (κ2) is 10.4. The number of hydrogen-bond donors (Lipinski definition) is 0. The number of esters is 3. The Hall–Kier alpha value is -3.28.